The lowest BCUT2D eigenvalue weighted by molar-refractivity contribution is -0.125. The van der Waals surface area contributed by atoms with Crippen molar-refractivity contribution in [2.24, 2.45) is 5.92 Å². The number of aromatic nitrogens is 2. The van der Waals surface area contributed by atoms with E-state index in [4.69, 9.17) is 9.84 Å². The fourth-order valence-electron chi connectivity index (χ4n) is 2.18. The number of fused-ring (bicyclic) bond motifs is 1. The van der Waals surface area contributed by atoms with Crippen LogP contribution in [0.5, 0.6) is 0 Å². The van der Waals surface area contributed by atoms with Gasteiger partial charge in [-0.25, -0.2) is 4.98 Å². The van der Waals surface area contributed by atoms with Gasteiger partial charge in [0.1, 0.15) is 0 Å². The van der Waals surface area contributed by atoms with Gasteiger partial charge in [0.25, 0.3) is 0 Å². The molecule has 0 saturated carbocycles. The van der Waals surface area contributed by atoms with Crippen molar-refractivity contribution < 1.29 is 14.6 Å². The van der Waals surface area contributed by atoms with Crippen LogP contribution in [0.4, 0.5) is 0 Å². The SMILES string of the molecule is O=C(NCCOCCO)C1CCc2nc[nH]c2C1. The molecule has 100 valence electrons. The Morgan fingerprint density at radius 2 is 2.50 bits per heavy atom. The average Bonchev–Trinajstić information content (AvgIpc) is 2.85. The van der Waals surface area contributed by atoms with E-state index in [2.05, 4.69) is 15.3 Å². The minimum atomic E-state index is 0.0131. The molecule has 1 unspecified atom stereocenters. The number of carbonyl (C=O) groups excluding carboxylic acids is 1. The molecule has 0 radical (unpaired) electrons. The van der Waals surface area contributed by atoms with Crippen LogP contribution in [0.15, 0.2) is 6.33 Å². The number of aliphatic hydroxyl groups excluding tert-OH is 1. The number of aryl methyl sites for hydroxylation is 1. The summed E-state index contributed by atoms with van der Waals surface area (Å²) in [5, 5.41) is 11.4. The summed E-state index contributed by atoms with van der Waals surface area (Å²) in [4.78, 5) is 19.2. The van der Waals surface area contributed by atoms with Gasteiger partial charge in [-0.3, -0.25) is 4.79 Å². The largest absolute Gasteiger partial charge is 0.394 e. The molecule has 1 aromatic heterocycles. The van der Waals surface area contributed by atoms with E-state index < -0.39 is 0 Å². The van der Waals surface area contributed by atoms with Crippen LogP contribution < -0.4 is 5.32 Å². The first-order valence-corrected chi connectivity index (χ1v) is 6.28. The van der Waals surface area contributed by atoms with Gasteiger partial charge in [0.2, 0.25) is 5.91 Å². The van der Waals surface area contributed by atoms with Crippen molar-refractivity contribution in [2.75, 3.05) is 26.4 Å². The third-order valence-corrected chi connectivity index (χ3v) is 3.14. The maximum atomic E-state index is 11.9. The number of rotatable bonds is 6. The number of hydrogen-bond acceptors (Lipinski definition) is 4. The first-order chi connectivity index (χ1) is 8.81. The molecular weight excluding hydrogens is 234 g/mol. The second-order valence-electron chi connectivity index (χ2n) is 4.39. The molecule has 0 fully saturated rings. The van der Waals surface area contributed by atoms with Crippen LogP contribution in [-0.2, 0) is 22.4 Å². The highest BCUT2D eigenvalue weighted by molar-refractivity contribution is 5.79. The van der Waals surface area contributed by atoms with E-state index in [1.807, 2.05) is 0 Å². The molecule has 2 rings (SSSR count). The molecule has 1 heterocycles. The van der Waals surface area contributed by atoms with E-state index >= 15 is 0 Å². The summed E-state index contributed by atoms with van der Waals surface area (Å²) >= 11 is 0. The lowest BCUT2D eigenvalue weighted by atomic mass is 9.89. The molecule has 1 aliphatic carbocycles. The zero-order chi connectivity index (χ0) is 12.8. The van der Waals surface area contributed by atoms with Crippen molar-refractivity contribution in [1.82, 2.24) is 15.3 Å². The third kappa shape index (κ3) is 3.30. The Morgan fingerprint density at radius 3 is 3.33 bits per heavy atom. The zero-order valence-electron chi connectivity index (χ0n) is 10.3. The minimum Gasteiger partial charge on any atom is -0.394 e. The van der Waals surface area contributed by atoms with Gasteiger partial charge in [-0.2, -0.15) is 0 Å². The summed E-state index contributed by atoms with van der Waals surface area (Å²) in [6.07, 6.45) is 4.13. The number of H-pyrrole nitrogens is 1. The van der Waals surface area contributed by atoms with Crippen LogP contribution in [0, 0.1) is 5.92 Å². The lowest BCUT2D eigenvalue weighted by Crippen LogP contribution is -2.36. The molecule has 1 aromatic rings. The van der Waals surface area contributed by atoms with Crippen molar-refractivity contribution in [3.8, 4) is 0 Å². The maximum Gasteiger partial charge on any atom is 0.223 e. The second-order valence-corrected chi connectivity index (χ2v) is 4.39. The van der Waals surface area contributed by atoms with Gasteiger partial charge in [-0.15, -0.1) is 0 Å². The molecule has 0 spiro atoms. The van der Waals surface area contributed by atoms with Crippen molar-refractivity contribution in [3.05, 3.63) is 17.7 Å². The van der Waals surface area contributed by atoms with Gasteiger partial charge in [-0.05, 0) is 12.8 Å². The van der Waals surface area contributed by atoms with Crippen molar-refractivity contribution in [2.45, 2.75) is 19.3 Å². The number of hydrogen-bond donors (Lipinski definition) is 3. The Labute approximate surface area is 106 Å². The number of aromatic amines is 1. The Bertz CT molecular complexity index is 392. The van der Waals surface area contributed by atoms with E-state index in [9.17, 15) is 4.79 Å². The maximum absolute atomic E-state index is 11.9. The molecule has 0 aromatic carbocycles. The van der Waals surface area contributed by atoms with E-state index in [0.29, 0.717) is 19.8 Å². The van der Waals surface area contributed by atoms with Gasteiger partial charge >= 0.3 is 0 Å². The number of nitrogens with one attached hydrogen (secondary N) is 2. The Kier molecular flexibility index (Phi) is 4.72. The molecule has 6 heteroatoms. The topological polar surface area (TPSA) is 87.2 Å². The standard InChI is InChI=1S/C12H19N3O3/c16-4-6-18-5-3-13-12(17)9-1-2-10-11(7-9)15-8-14-10/h8-9,16H,1-7H2,(H,13,17)(H,14,15). The molecule has 1 amide bonds. The molecule has 0 aliphatic heterocycles. The summed E-state index contributed by atoms with van der Waals surface area (Å²) < 4.78 is 5.08. The molecule has 6 nitrogen and oxygen atoms in total. The molecular formula is C12H19N3O3. The van der Waals surface area contributed by atoms with Crippen LogP contribution in [0.3, 0.4) is 0 Å². The summed E-state index contributed by atoms with van der Waals surface area (Å²) in [6.45, 7) is 1.26. The zero-order valence-corrected chi connectivity index (χ0v) is 10.3. The normalized spacial score (nSPS) is 18.4. The summed E-state index contributed by atoms with van der Waals surface area (Å²) in [6, 6.07) is 0. The molecule has 1 atom stereocenters. The van der Waals surface area contributed by atoms with Gasteiger partial charge < -0.3 is 20.1 Å². The first-order valence-electron chi connectivity index (χ1n) is 6.28. The summed E-state index contributed by atoms with van der Waals surface area (Å²) in [5.41, 5.74) is 2.17. The number of aliphatic hydroxyl groups is 1. The van der Waals surface area contributed by atoms with Crippen LogP contribution in [0.2, 0.25) is 0 Å². The smallest absolute Gasteiger partial charge is 0.223 e. The Hall–Kier alpha value is -1.40. The van der Waals surface area contributed by atoms with E-state index in [-0.39, 0.29) is 18.4 Å². The number of amides is 1. The number of imidazole rings is 1. The van der Waals surface area contributed by atoms with Gasteiger partial charge in [-0.1, -0.05) is 0 Å². The van der Waals surface area contributed by atoms with Crippen LogP contribution in [0.25, 0.3) is 0 Å². The van der Waals surface area contributed by atoms with Crippen LogP contribution in [0.1, 0.15) is 17.8 Å². The van der Waals surface area contributed by atoms with Crippen molar-refractivity contribution >= 4 is 5.91 Å². The average molecular weight is 253 g/mol. The quantitative estimate of drug-likeness (QED) is 0.604. The number of carbonyl (C=O) groups is 1. The summed E-state index contributed by atoms with van der Waals surface area (Å²) in [7, 11) is 0. The van der Waals surface area contributed by atoms with Crippen LogP contribution >= 0.6 is 0 Å². The van der Waals surface area contributed by atoms with E-state index in [1.54, 1.807) is 6.33 Å². The van der Waals surface area contributed by atoms with Gasteiger partial charge in [0.05, 0.1) is 31.8 Å². The minimum absolute atomic E-state index is 0.0131. The van der Waals surface area contributed by atoms with Gasteiger partial charge in [0.15, 0.2) is 0 Å². The predicted molar refractivity (Wildman–Crippen MR) is 65.0 cm³/mol. The molecule has 18 heavy (non-hydrogen) atoms. The van der Waals surface area contributed by atoms with Crippen molar-refractivity contribution in [3.63, 3.8) is 0 Å². The molecule has 0 bridgehead atoms. The number of nitrogens with zero attached hydrogens (tertiary/aromatic N) is 1. The fraction of sp³-hybridized carbons (Fsp3) is 0.667. The monoisotopic (exact) mass is 253 g/mol. The van der Waals surface area contributed by atoms with Gasteiger partial charge in [0, 0.05) is 24.6 Å². The van der Waals surface area contributed by atoms with E-state index in [0.717, 1.165) is 30.7 Å². The molecule has 0 saturated heterocycles. The summed E-state index contributed by atoms with van der Waals surface area (Å²) in [5.74, 6) is 0.0960. The Morgan fingerprint density at radius 1 is 1.61 bits per heavy atom. The Balaban J connectivity index is 1.71. The highest BCUT2D eigenvalue weighted by Crippen LogP contribution is 2.22. The third-order valence-electron chi connectivity index (χ3n) is 3.14. The highest BCUT2D eigenvalue weighted by atomic mass is 16.5. The fourth-order valence-corrected chi connectivity index (χ4v) is 2.18. The molecule has 3 N–H and O–H groups in total. The first kappa shape index (κ1) is 13.0. The predicted octanol–water partition coefficient (Wildman–Crippen LogP) is -0.360. The number of ether oxygens (including phenoxy) is 1. The van der Waals surface area contributed by atoms with Crippen LogP contribution in [-0.4, -0.2) is 47.3 Å². The molecule has 1 aliphatic rings. The van der Waals surface area contributed by atoms with Crippen molar-refractivity contribution in [1.29, 1.82) is 0 Å². The lowest BCUT2D eigenvalue weighted by Gasteiger charge is -2.20. The second kappa shape index (κ2) is 6.51. The highest BCUT2D eigenvalue weighted by Gasteiger charge is 2.25. The van der Waals surface area contributed by atoms with E-state index in [1.165, 1.54) is 0 Å².